The van der Waals surface area contributed by atoms with E-state index in [4.69, 9.17) is 4.74 Å². The molecule has 0 aromatic heterocycles. The highest BCUT2D eigenvalue weighted by atomic mass is 16.6. The Balaban J connectivity index is 1.65. The Kier molecular flexibility index (Phi) is 4.85. The van der Waals surface area contributed by atoms with Crippen molar-refractivity contribution in [1.82, 2.24) is 0 Å². The van der Waals surface area contributed by atoms with Gasteiger partial charge >= 0.3 is 5.97 Å². The summed E-state index contributed by atoms with van der Waals surface area (Å²) in [4.78, 5) is 27.2. The van der Waals surface area contributed by atoms with Crippen LogP contribution in [-0.2, 0) is 9.53 Å². The fourth-order valence-corrected chi connectivity index (χ4v) is 7.34. The number of ketones is 1. The first-order chi connectivity index (χ1) is 15.5. The molecule has 176 valence electrons. The van der Waals surface area contributed by atoms with Crippen molar-refractivity contribution in [3.63, 3.8) is 0 Å². The van der Waals surface area contributed by atoms with Gasteiger partial charge in [-0.1, -0.05) is 51.1 Å². The summed E-state index contributed by atoms with van der Waals surface area (Å²) in [6.07, 6.45) is 1.36. The third kappa shape index (κ3) is 2.71. The van der Waals surface area contributed by atoms with Crippen LogP contribution in [0.1, 0.15) is 44.5 Å². The lowest BCUT2D eigenvalue weighted by atomic mass is 9.59. The van der Waals surface area contributed by atoms with Gasteiger partial charge in [-0.15, -0.1) is 0 Å². The number of benzene rings is 1. The largest absolute Gasteiger partial charge is 0.451 e. The summed E-state index contributed by atoms with van der Waals surface area (Å²) >= 11 is 0. The van der Waals surface area contributed by atoms with E-state index in [1.165, 1.54) is 0 Å². The number of ether oxygens (including phenoxy) is 1. The van der Waals surface area contributed by atoms with Crippen molar-refractivity contribution in [3.8, 4) is 0 Å². The zero-order chi connectivity index (χ0) is 23.9. The van der Waals surface area contributed by atoms with Crippen LogP contribution in [0.25, 0.3) is 0 Å². The number of hydrogen-bond donors (Lipinski definition) is 3. The lowest BCUT2D eigenvalue weighted by Crippen LogP contribution is -2.65. The molecule has 0 radical (unpaired) electrons. The number of carbonyl (C=O) groups excluding carboxylic acids is 2. The van der Waals surface area contributed by atoms with Gasteiger partial charge in [0.15, 0.2) is 17.5 Å². The maximum atomic E-state index is 14.3. The van der Waals surface area contributed by atoms with Crippen LogP contribution < -0.4 is 0 Å². The number of rotatable bonds is 3. The Morgan fingerprint density at radius 3 is 2.52 bits per heavy atom. The monoisotopic (exact) mass is 452 g/mol. The van der Waals surface area contributed by atoms with Crippen LogP contribution in [0.2, 0.25) is 0 Å². The second-order valence-corrected chi connectivity index (χ2v) is 11.0. The van der Waals surface area contributed by atoms with Gasteiger partial charge in [-0.25, -0.2) is 4.79 Å². The van der Waals surface area contributed by atoms with Crippen LogP contribution in [0.15, 0.2) is 53.6 Å². The highest BCUT2D eigenvalue weighted by molar-refractivity contribution is 5.96. The minimum Gasteiger partial charge on any atom is -0.451 e. The van der Waals surface area contributed by atoms with Gasteiger partial charge in [0.25, 0.3) is 0 Å². The first-order valence-electron chi connectivity index (χ1n) is 11.7. The molecule has 0 saturated heterocycles. The van der Waals surface area contributed by atoms with Gasteiger partial charge in [0.1, 0.15) is 6.10 Å². The van der Waals surface area contributed by atoms with Gasteiger partial charge in [0.2, 0.25) is 0 Å². The molecule has 0 heterocycles. The molecule has 2 saturated carbocycles. The van der Waals surface area contributed by atoms with Crippen LogP contribution in [-0.4, -0.2) is 51.5 Å². The average Bonchev–Trinajstić information content (AvgIpc) is 3.28. The Morgan fingerprint density at radius 2 is 1.88 bits per heavy atom. The number of aliphatic hydroxyl groups is 3. The molecular formula is C27H32O6. The van der Waals surface area contributed by atoms with Crippen molar-refractivity contribution in [2.75, 3.05) is 6.61 Å². The van der Waals surface area contributed by atoms with E-state index in [0.29, 0.717) is 17.1 Å². The summed E-state index contributed by atoms with van der Waals surface area (Å²) in [6.45, 7) is 7.48. The van der Waals surface area contributed by atoms with E-state index in [2.05, 4.69) is 13.8 Å². The molecule has 3 N–H and O–H groups in total. The van der Waals surface area contributed by atoms with E-state index in [9.17, 15) is 24.9 Å². The van der Waals surface area contributed by atoms with Crippen LogP contribution >= 0.6 is 0 Å². The molecule has 4 aliphatic carbocycles. The normalized spacial score (nSPS) is 42.8. The zero-order valence-corrected chi connectivity index (χ0v) is 19.5. The Bertz CT molecular complexity index is 1070. The summed E-state index contributed by atoms with van der Waals surface area (Å²) in [5.74, 6) is -1.22. The predicted octanol–water partition coefficient (Wildman–Crippen LogP) is 2.68. The van der Waals surface area contributed by atoms with Crippen molar-refractivity contribution >= 4 is 11.8 Å². The quantitative estimate of drug-likeness (QED) is 0.481. The number of hydrogen-bond acceptors (Lipinski definition) is 6. The molecule has 5 rings (SSSR count). The number of fused-ring (bicyclic) bond motifs is 3. The molecular weight excluding hydrogens is 420 g/mol. The average molecular weight is 453 g/mol. The van der Waals surface area contributed by atoms with E-state index in [0.717, 1.165) is 6.42 Å². The molecule has 4 aliphatic rings. The fourth-order valence-electron chi connectivity index (χ4n) is 7.34. The smallest absolute Gasteiger partial charge is 0.338 e. The van der Waals surface area contributed by atoms with E-state index < -0.39 is 41.7 Å². The zero-order valence-electron chi connectivity index (χ0n) is 19.5. The standard InChI is InChI=1S/C27H32O6/c1-14-12-26-15(2)10-19-20(25(19,3)4)18(22(26)30)11-17(13-28)21(29)27(26,32)23(14)33-24(31)16-8-6-5-7-9-16/h5-9,11-12,15,18-21,23,28-29,32H,10,13H2,1-4H3/t15-,18?,19-,20+,21-,23+,26?,27+/m1/s1. The van der Waals surface area contributed by atoms with Crippen LogP contribution in [0, 0.1) is 34.5 Å². The van der Waals surface area contributed by atoms with Crippen molar-refractivity contribution < 1.29 is 29.6 Å². The van der Waals surface area contributed by atoms with Crippen LogP contribution in [0.5, 0.6) is 0 Å². The summed E-state index contributed by atoms with van der Waals surface area (Å²) in [5.41, 5.74) is -2.50. The van der Waals surface area contributed by atoms with E-state index >= 15 is 0 Å². The lowest BCUT2D eigenvalue weighted by molar-refractivity contribution is -0.190. The van der Waals surface area contributed by atoms with E-state index in [-0.39, 0.29) is 28.6 Å². The van der Waals surface area contributed by atoms with Crippen LogP contribution in [0.4, 0.5) is 0 Å². The van der Waals surface area contributed by atoms with Gasteiger partial charge < -0.3 is 20.1 Å². The Hall–Kier alpha value is -2.28. The molecule has 0 aliphatic heterocycles. The summed E-state index contributed by atoms with van der Waals surface area (Å²) in [5, 5.41) is 34.0. The number of carbonyl (C=O) groups is 2. The van der Waals surface area contributed by atoms with Crippen molar-refractivity contribution in [2.24, 2.45) is 34.5 Å². The number of allylic oxidation sites excluding steroid dienone is 1. The molecule has 2 fully saturated rings. The topological polar surface area (TPSA) is 104 Å². The molecule has 6 nitrogen and oxygen atoms in total. The number of Topliss-reactive ketones (excluding diaryl/α,β-unsaturated/α-hetero) is 1. The van der Waals surface area contributed by atoms with Gasteiger partial charge in [0, 0.05) is 5.92 Å². The minimum absolute atomic E-state index is 0.0305. The molecule has 1 aromatic carbocycles. The summed E-state index contributed by atoms with van der Waals surface area (Å²) < 4.78 is 5.83. The number of esters is 1. The molecule has 0 amide bonds. The first-order valence-corrected chi connectivity index (χ1v) is 11.7. The molecule has 8 atom stereocenters. The van der Waals surface area contributed by atoms with E-state index in [1.54, 1.807) is 49.4 Å². The third-order valence-electron chi connectivity index (χ3n) is 9.13. The number of aliphatic hydroxyl groups excluding tert-OH is 2. The highest BCUT2D eigenvalue weighted by Crippen LogP contribution is 2.71. The first kappa shape index (κ1) is 22.5. The van der Waals surface area contributed by atoms with Crippen LogP contribution in [0.3, 0.4) is 0 Å². The van der Waals surface area contributed by atoms with Crippen molar-refractivity contribution in [2.45, 2.75) is 51.9 Å². The SMILES string of the molecule is CC1=CC23C(=O)C(C=C(CO)[C@@H](O)[C@]2(O)[C@H]1OC(=O)c1ccccc1)[C@H]1[C@@H](C[C@H]3C)C1(C)C. The fraction of sp³-hybridized carbons (Fsp3) is 0.556. The van der Waals surface area contributed by atoms with Gasteiger partial charge in [0.05, 0.1) is 17.6 Å². The van der Waals surface area contributed by atoms with Crippen molar-refractivity contribution in [1.29, 1.82) is 0 Å². The lowest BCUT2D eigenvalue weighted by Gasteiger charge is -2.48. The Morgan fingerprint density at radius 1 is 1.21 bits per heavy atom. The molecule has 33 heavy (non-hydrogen) atoms. The van der Waals surface area contributed by atoms with Gasteiger partial charge in [-0.2, -0.15) is 0 Å². The molecule has 6 heteroatoms. The highest BCUT2D eigenvalue weighted by Gasteiger charge is 2.76. The molecule has 2 bridgehead atoms. The molecule has 1 spiro atoms. The van der Waals surface area contributed by atoms with Crippen molar-refractivity contribution in [3.05, 3.63) is 59.2 Å². The van der Waals surface area contributed by atoms with Gasteiger partial charge in [-0.3, -0.25) is 4.79 Å². The summed E-state index contributed by atoms with van der Waals surface area (Å²) in [6, 6.07) is 8.44. The third-order valence-corrected chi connectivity index (χ3v) is 9.13. The predicted molar refractivity (Wildman–Crippen MR) is 121 cm³/mol. The Labute approximate surface area is 194 Å². The second kappa shape index (κ2) is 7.11. The van der Waals surface area contributed by atoms with E-state index in [1.807, 2.05) is 6.92 Å². The van der Waals surface area contributed by atoms with Gasteiger partial charge in [-0.05, 0) is 59.8 Å². The maximum absolute atomic E-state index is 14.3. The molecule has 1 aromatic rings. The second-order valence-electron chi connectivity index (χ2n) is 11.0. The maximum Gasteiger partial charge on any atom is 0.338 e. The molecule has 2 unspecified atom stereocenters. The summed E-state index contributed by atoms with van der Waals surface area (Å²) in [7, 11) is 0. The minimum atomic E-state index is -2.11.